The minimum absolute atomic E-state index is 0.104. The van der Waals surface area contributed by atoms with Gasteiger partial charge in [-0.25, -0.2) is 0 Å². The third kappa shape index (κ3) is 2.44. The summed E-state index contributed by atoms with van der Waals surface area (Å²) < 4.78 is 0. The van der Waals surface area contributed by atoms with E-state index < -0.39 is 12.2 Å². The number of hydrogen-bond donors (Lipinski definition) is 2. The first-order chi connectivity index (χ1) is 9.16. The highest BCUT2D eigenvalue weighted by atomic mass is 16.3. The van der Waals surface area contributed by atoms with Crippen LogP contribution in [-0.2, 0) is 4.79 Å². The zero-order valence-electron chi connectivity index (χ0n) is 11.2. The van der Waals surface area contributed by atoms with Gasteiger partial charge in [0.2, 0.25) is 0 Å². The molecule has 2 N–H and O–H groups in total. The second-order valence-electron chi connectivity index (χ2n) is 6.39. The van der Waals surface area contributed by atoms with Crippen molar-refractivity contribution in [3.63, 3.8) is 0 Å². The molecule has 3 saturated carbocycles. The third-order valence-electron chi connectivity index (χ3n) is 5.26. The van der Waals surface area contributed by atoms with Crippen LogP contribution in [0.25, 0.3) is 0 Å². The van der Waals surface area contributed by atoms with Gasteiger partial charge in [-0.15, -0.1) is 0 Å². The van der Waals surface area contributed by atoms with E-state index in [-0.39, 0.29) is 17.8 Å². The van der Waals surface area contributed by atoms with Crippen LogP contribution in [0.4, 0.5) is 0 Å². The molecule has 0 heterocycles. The molecule has 0 radical (unpaired) electrons. The van der Waals surface area contributed by atoms with Crippen molar-refractivity contribution in [3.05, 3.63) is 0 Å². The van der Waals surface area contributed by atoms with Gasteiger partial charge in [0.15, 0.2) is 0 Å². The van der Waals surface area contributed by atoms with Gasteiger partial charge >= 0.3 is 0 Å². The van der Waals surface area contributed by atoms with Crippen molar-refractivity contribution in [1.82, 2.24) is 0 Å². The van der Waals surface area contributed by atoms with Gasteiger partial charge in [-0.05, 0) is 37.5 Å². The normalized spacial score (nSPS) is 40.0. The third-order valence-corrected chi connectivity index (χ3v) is 5.26. The Morgan fingerprint density at radius 1 is 1.16 bits per heavy atom. The minimum Gasteiger partial charge on any atom is -0.392 e. The van der Waals surface area contributed by atoms with Crippen LogP contribution in [0, 0.1) is 35.5 Å². The summed E-state index contributed by atoms with van der Waals surface area (Å²) in [5.41, 5.74) is 0. The Hall–Kier alpha value is -0.850. The highest BCUT2D eigenvalue weighted by Crippen LogP contribution is 2.45. The van der Waals surface area contributed by atoms with Gasteiger partial charge in [0.25, 0.3) is 0 Å². The summed E-state index contributed by atoms with van der Waals surface area (Å²) in [7, 11) is 0. The van der Waals surface area contributed by atoms with Crippen LogP contribution in [0.3, 0.4) is 0 Å². The van der Waals surface area contributed by atoms with Gasteiger partial charge in [0, 0.05) is 12.3 Å². The van der Waals surface area contributed by atoms with Crippen molar-refractivity contribution in [2.24, 2.45) is 23.7 Å². The molecule has 19 heavy (non-hydrogen) atoms. The molecule has 0 saturated heterocycles. The Kier molecular flexibility index (Phi) is 3.64. The molecule has 1 unspecified atom stereocenters. The molecule has 0 bridgehead atoms. The van der Waals surface area contributed by atoms with Crippen molar-refractivity contribution in [3.8, 4) is 11.8 Å². The van der Waals surface area contributed by atoms with E-state index >= 15 is 0 Å². The Balaban J connectivity index is 1.66. The average Bonchev–Trinajstić information content (AvgIpc) is 2.90. The first-order valence-corrected chi connectivity index (χ1v) is 7.56. The lowest BCUT2D eigenvalue weighted by Crippen LogP contribution is -2.49. The van der Waals surface area contributed by atoms with Crippen LogP contribution >= 0.6 is 0 Å². The summed E-state index contributed by atoms with van der Waals surface area (Å²) in [6.07, 6.45) is 5.59. The maximum Gasteiger partial charge on any atom is 0.136 e. The van der Waals surface area contributed by atoms with E-state index in [1.807, 2.05) is 0 Å². The zero-order valence-corrected chi connectivity index (χ0v) is 11.2. The maximum atomic E-state index is 11.5. The molecule has 3 rings (SSSR count). The van der Waals surface area contributed by atoms with Crippen molar-refractivity contribution in [2.45, 2.75) is 57.2 Å². The SMILES string of the molecule is O=C1C[C@@H]2[C@H](C#C[C@@H](O)C3CCCC3)C(O)CC[C@@H]12. The van der Waals surface area contributed by atoms with Gasteiger partial charge in [-0.1, -0.05) is 24.7 Å². The topological polar surface area (TPSA) is 57.5 Å². The molecular formula is C16H22O3. The fraction of sp³-hybridized carbons (Fsp3) is 0.812. The monoisotopic (exact) mass is 262 g/mol. The van der Waals surface area contributed by atoms with E-state index in [1.165, 1.54) is 12.8 Å². The quantitative estimate of drug-likeness (QED) is 0.704. The molecule has 3 aliphatic carbocycles. The van der Waals surface area contributed by atoms with E-state index in [0.29, 0.717) is 24.5 Å². The summed E-state index contributed by atoms with van der Waals surface area (Å²) in [6, 6.07) is 0. The van der Waals surface area contributed by atoms with Crippen molar-refractivity contribution < 1.29 is 15.0 Å². The Morgan fingerprint density at radius 2 is 1.89 bits per heavy atom. The molecular weight excluding hydrogens is 240 g/mol. The van der Waals surface area contributed by atoms with Crippen molar-refractivity contribution in [2.75, 3.05) is 0 Å². The van der Waals surface area contributed by atoms with Crippen molar-refractivity contribution >= 4 is 5.78 Å². The lowest BCUT2D eigenvalue weighted by Gasteiger charge is -2.44. The zero-order chi connectivity index (χ0) is 13.4. The standard InChI is InChI=1S/C16H22O3/c17-14(10-3-1-2-4-10)7-5-11-13-9-16(19)12(13)6-8-15(11)18/h10-15,17-18H,1-4,6,8-9H2/t11-,12+,13+,14+,15?/m0/s1. The number of ketones is 1. The molecule has 3 nitrogen and oxygen atoms in total. The van der Waals surface area contributed by atoms with Crippen LogP contribution in [0.1, 0.15) is 44.9 Å². The molecule has 3 aliphatic rings. The average molecular weight is 262 g/mol. The summed E-state index contributed by atoms with van der Waals surface area (Å²) in [5.74, 6) is 6.96. The fourth-order valence-electron chi connectivity index (χ4n) is 3.95. The number of Topliss-reactive ketones (excluding diaryl/α,β-unsaturated/α-hetero) is 1. The first-order valence-electron chi connectivity index (χ1n) is 7.56. The predicted molar refractivity (Wildman–Crippen MR) is 71.1 cm³/mol. The summed E-state index contributed by atoms with van der Waals surface area (Å²) >= 11 is 0. The largest absolute Gasteiger partial charge is 0.392 e. The molecule has 5 atom stereocenters. The fourth-order valence-corrected chi connectivity index (χ4v) is 3.95. The Morgan fingerprint density at radius 3 is 2.58 bits per heavy atom. The molecule has 0 aromatic carbocycles. The number of aliphatic hydroxyl groups excluding tert-OH is 2. The molecule has 0 amide bonds. The molecule has 104 valence electrons. The Bertz CT molecular complexity index is 413. The van der Waals surface area contributed by atoms with Gasteiger partial charge < -0.3 is 10.2 Å². The lowest BCUT2D eigenvalue weighted by atomic mass is 9.59. The summed E-state index contributed by atoms with van der Waals surface area (Å²) in [4.78, 5) is 11.5. The number of carbonyl (C=O) groups excluding carboxylic acids is 1. The summed E-state index contributed by atoms with van der Waals surface area (Å²) in [6.45, 7) is 0. The maximum absolute atomic E-state index is 11.5. The highest BCUT2D eigenvalue weighted by Gasteiger charge is 2.48. The van der Waals surface area contributed by atoms with Crippen LogP contribution in [0.5, 0.6) is 0 Å². The number of aliphatic hydroxyl groups is 2. The molecule has 0 aromatic heterocycles. The number of fused-ring (bicyclic) bond motifs is 1. The lowest BCUT2D eigenvalue weighted by molar-refractivity contribution is -0.141. The smallest absolute Gasteiger partial charge is 0.136 e. The van der Waals surface area contributed by atoms with Gasteiger partial charge in [0.05, 0.1) is 12.0 Å². The predicted octanol–water partition coefficient (Wildman–Crippen LogP) is 1.52. The Labute approximate surface area is 114 Å². The first kappa shape index (κ1) is 13.1. The van der Waals surface area contributed by atoms with Crippen LogP contribution < -0.4 is 0 Å². The number of hydrogen-bond acceptors (Lipinski definition) is 3. The van der Waals surface area contributed by atoms with Crippen molar-refractivity contribution in [1.29, 1.82) is 0 Å². The summed E-state index contributed by atoms with van der Waals surface area (Å²) in [5, 5.41) is 20.1. The second-order valence-corrected chi connectivity index (χ2v) is 6.39. The number of rotatable bonds is 1. The van der Waals surface area contributed by atoms with E-state index in [4.69, 9.17) is 0 Å². The van der Waals surface area contributed by atoms with E-state index in [0.717, 1.165) is 19.3 Å². The second kappa shape index (κ2) is 5.26. The number of carbonyl (C=O) groups is 1. The van der Waals surface area contributed by atoms with E-state index in [1.54, 1.807) is 0 Å². The molecule has 3 heteroatoms. The van der Waals surface area contributed by atoms with E-state index in [9.17, 15) is 15.0 Å². The highest BCUT2D eigenvalue weighted by molar-refractivity contribution is 5.87. The molecule has 0 spiro atoms. The van der Waals surface area contributed by atoms with Crippen LogP contribution in [-0.4, -0.2) is 28.2 Å². The van der Waals surface area contributed by atoms with Gasteiger partial charge in [-0.2, -0.15) is 0 Å². The van der Waals surface area contributed by atoms with E-state index in [2.05, 4.69) is 11.8 Å². The van der Waals surface area contributed by atoms with Gasteiger partial charge in [-0.3, -0.25) is 4.79 Å². The molecule has 0 aliphatic heterocycles. The minimum atomic E-state index is -0.550. The van der Waals surface area contributed by atoms with Crippen LogP contribution in [0.15, 0.2) is 0 Å². The van der Waals surface area contributed by atoms with Gasteiger partial charge in [0.1, 0.15) is 11.9 Å². The molecule has 3 fully saturated rings. The molecule has 0 aromatic rings. The van der Waals surface area contributed by atoms with Crippen LogP contribution in [0.2, 0.25) is 0 Å².